The van der Waals surface area contributed by atoms with E-state index in [4.69, 9.17) is 16.0 Å². The number of hydrogen-bond donors (Lipinski definition) is 1. The van der Waals surface area contributed by atoms with Gasteiger partial charge in [-0.15, -0.1) is 10.2 Å². The Hall–Kier alpha value is -2.31. The van der Waals surface area contributed by atoms with Gasteiger partial charge in [0.2, 0.25) is 11.8 Å². The van der Waals surface area contributed by atoms with Crippen molar-refractivity contribution in [2.75, 3.05) is 5.32 Å². The van der Waals surface area contributed by atoms with Crippen LogP contribution < -0.4 is 5.32 Å². The molecule has 0 unspecified atom stereocenters. The van der Waals surface area contributed by atoms with E-state index in [1.807, 2.05) is 44.2 Å². The molecule has 1 amide bonds. The molecule has 3 aromatic rings. The van der Waals surface area contributed by atoms with Crippen molar-refractivity contribution in [3.8, 4) is 11.5 Å². The number of thioether (sulfide) groups is 1. The summed E-state index contributed by atoms with van der Waals surface area (Å²) in [6.45, 7) is 5.78. The molecule has 1 aromatic heterocycles. The first-order chi connectivity index (χ1) is 12.4. The highest BCUT2D eigenvalue weighted by Crippen LogP contribution is 2.28. The number of carbonyl (C=O) groups is 1. The zero-order valence-corrected chi connectivity index (χ0v) is 16.2. The molecular weight excluding hydrogens is 370 g/mol. The average Bonchev–Trinajstić information content (AvgIpc) is 3.06. The number of halogens is 1. The lowest BCUT2D eigenvalue weighted by atomic mass is 10.1. The fraction of sp³-hybridized carbons (Fsp3) is 0.211. The third kappa shape index (κ3) is 4.45. The number of nitrogens with zero attached hydrogens (tertiary/aromatic N) is 2. The smallest absolute Gasteiger partial charge is 0.277 e. The Balaban J connectivity index is 1.66. The van der Waals surface area contributed by atoms with E-state index >= 15 is 0 Å². The van der Waals surface area contributed by atoms with E-state index in [-0.39, 0.29) is 11.2 Å². The first-order valence-corrected chi connectivity index (χ1v) is 9.32. The van der Waals surface area contributed by atoms with Crippen molar-refractivity contribution in [2.45, 2.75) is 31.2 Å². The van der Waals surface area contributed by atoms with Gasteiger partial charge in [0.25, 0.3) is 5.22 Å². The zero-order chi connectivity index (χ0) is 18.7. The predicted octanol–water partition coefficient (Wildman–Crippen LogP) is 5.13. The van der Waals surface area contributed by atoms with Gasteiger partial charge in [-0.25, -0.2) is 0 Å². The Morgan fingerprint density at radius 3 is 2.73 bits per heavy atom. The first kappa shape index (κ1) is 18.5. The van der Waals surface area contributed by atoms with Gasteiger partial charge >= 0.3 is 0 Å². The maximum Gasteiger partial charge on any atom is 0.277 e. The summed E-state index contributed by atoms with van der Waals surface area (Å²) >= 11 is 7.19. The fourth-order valence-corrected chi connectivity index (χ4v) is 3.26. The summed E-state index contributed by atoms with van der Waals surface area (Å²) in [5.41, 5.74) is 3.72. The van der Waals surface area contributed by atoms with Gasteiger partial charge in [0.15, 0.2) is 0 Å². The Labute approximate surface area is 161 Å². The Bertz CT molecular complexity index is 942. The largest absolute Gasteiger partial charge is 0.411 e. The molecule has 0 aliphatic rings. The van der Waals surface area contributed by atoms with E-state index < -0.39 is 0 Å². The van der Waals surface area contributed by atoms with E-state index in [1.54, 1.807) is 19.1 Å². The second kappa shape index (κ2) is 7.93. The molecule has 134 valence electrons. The van der Waals surface area contributed by atoms with E-state index in [2.05, 4.69) is 15.5 Å². The molecular formula is C19H18ClN3O2S. The van der Waals surface area contributed by atoms with Gasteiger partial charge in [0.1, 0.15) is 0 Å². The van der Waals surface area contributed by atoms with Crippen LogP contribution in [0.1, 0.15) is 18.1 Å². The van der Waals surface area contributed by atoms with Crippen molar-refractivity contribution < 1.29 is 9.21 Å². The van der Waals surface area contributed by atoms with Crippen molar-refractivity contribution in [3.05, 3.63) is 58.6 Å². The molecule has 26 heavy (non-hydrogen) atoms. The molecule has 0 radical (unpaired) electrons. The highest BCUT2D eigenvalue weighted by Gasteiger charge is 2.19. The quantitative estimate of drug-likeness (QED) is 0.615. The molecule has 0 saturated heterocycles. The molecule has 7 heteroatoms. The van der Waals surface area contributed by atoms with Gasteiger partial charge in [-0.3, -0.25) is 4.79 Å². The molecule has 2 aromatic carbocycles. The van der Waals surface area contributed by atoms with Crippen LogP contribution in [0.15, 0.2) is 52.1 Å². The summed E-state index contributed by atoms with van der Waals surface area (Å²) in [4.78, 5) is 12.4. The third-order valence-electron chi connectivity index (χ3n) is 3.76. The molecule has 0 aliphatic heterocycles. The summed E-state index contributed by atoms with van der Waals surface area (Å²) in [7, 11) is 0. The second-order valence-corrected chi connectivity index (χ2v) is 7.68. The summed E-state index contributed by atoms with van der Waals surface area (Å²) < 4.78 is 5.64. The van der Waals surface area contributed by atoms with Crippen LogP contribution in [-0.2, 0) is 4.79 Å². The molecule has 0 fully saturated rings. The number of hydrogen-bond acceptors (Lipinski definition) is 5. The van der Waals surface area contributed by atoms with Crippen LogP contribution in [0.3, 0.4) is 0 Å². The Morgan fingerprint density at radius 1 is 1.19 bits per heavy atom. The van der Waals surface area contributed by atoms with Gasteiger partial charge < -0.3 is 9.73 Å². The number of carbonyl (C=O) groups excluding carboxylic acids is 1. The topological polar surface area (TPSA) is 68.0 Å². The number of nitrogens with one attached hydrogen (secondary N) is 1. The van der Waals surface area contributed by atoms with Crippen LogP contribution in [0, 0.1) is 13.8 Å². The molecule has 0 spiro atoms. The van der Waals surface area contributed by atoms with Crippen LogP contribution in [0.25, 0.3) is 11.5 Å². The average molecular weight is 388 g/mol. The van der Waals surface area contributed by atoms with Gasteiger partial charge in [-0.05, 0) is 50.6 Å². The standard InChI is InChI=1S/C19H18ClN3O2S/c1-11-7-8-16(12(2)9-11)21-17(24)13(3)26-19-23-22-18(25-19)14-5-4-6-15(20)10-14/h4-10,13H,1-3H3,(H,21,24)/t13-/m0/s1. The number of aromatic nitrogens is 2. The SMILES string of the molecule is Cc1ccc(NC(=O)[C@H](C)Sc2nnc(-c3cccc(Cl)c3)o2)c(C)c1. The number of anilines is 1. The Kier molecular flexibility index (Phi) is 5.64. The summed E-state index contributed by atoms with van der Waals surface area (Å²) in [6, 6.07) is 13.1. The van der Waals surface area contributed by atoms with Gasteiger partial charge in [0.05, 0.1) is 5.25 Å². The number of amides is 1. The van der Waals surface area contributed by atoms with Crippen molar-refractivity contribution in [2.24, 2.45) is 0 Å². The number of aryl methyl sites for hydroxylation is 2. The van der Waals surface area contributed by atoms with Gasteiger partial charge in [0, 0.05) is 16.3 Å². The van der Waals surface area contributed by atoms with E-state index in [1.165, 1.54) is 11.8 Å². The molecule has 1 atom stereocenters. The van der Waals surface area contributed by atoms with Crippen molar-refractivity contribution in [3.63, 3.8) is 0 Å². The molecule has 1 heterocycles. The van der Waals surface area contributed by atoms with E-state index in [0.29, 0.717) is 16.1 Å². The predicted molar refractivity (Wildman–Crippen MR) is 105 cm³/mol. The maximum absolute atomic E-state index is 12.4. The van der Waals surface area contributed by atoms with Crippen LogP contribution in [-0.4, -0.2) is 21.4 Å². The van der Waals surface area contributed by atoms with E-state index in [9.17, 15) is 4.79 Å². The van der Waals surface area contributed by atoms with E-state index in [0.717, 1.165) is 22.4 Å². The van der Waals surface area contributed by atoms with Crippen molar-refractivity contribution in [1.29, 1.82) is 0 Å². The lowest BCUT2D eigenvalue weighted by molar-refractivity contribution is -0.115. The maximum atomic E-state index is 12.4. The molecule has 3 rings (SSSR count). The van der Waals surface area contributed by atoms with Crippen molar-refractivity contribution >= 4 is 35.0 Å². The normalized spacial score (nSPS) is 12.0. The summed E-state index contributed by atoms with van der Waals surface area (Å²) in [5, 5.41) is 11.5. The second-order valence-electron chi connectivity index (χ2n) is 5.95. The minimum absolute atomic E-state index is 0.121. The molecule has 0 bridgehead atoms. The van der Waals surface area contributed by atoms with Gasteiger partial charge in [-0.2, -0.15) is 0 Å². The van der Waals surface area contributed by atoms with Gasteiger partial charge in [-0.1, -0.05) is 47.1 Å². The lowest BCUT2D eigenvalue weighted by Gasteiger charge is -2.12. The molecule has 0 aliphatic carbocycles. The highest BCUT2D eigenvalue weighted by atomic mass is 35.5. The molecule has 5 nitrogen and oxygen atoms in total. The highest BCUT2D eigenvalue weighted by molar-refractivity contribution is 8.00. The summed E-state index contributed by atoms with van der Waals surface area (Å²) in [6.07, 6.45) is 0. The third-order valence-corrected chi connectivity index (χ3v) is 4.93. The molecule has 0 saturated carbocycles. The van der Waals surface area contributed by atoms with Crippen LogP contribution >= 0.6 is 23.4 Å². The fourth-order valence-electron chi connectivity index (χ4n) is 2.39. The minimum Gasteiger partial charge on any atom is -0.411 e. The van der Waals surface area contributed by atoms with Crippen LogP contribution in [0.5, 0.6) is 0 Å². The monoisotopic (exact) mass is 387 g/mol. The van der Waals surface area contributed by atoms with Crippen LogP contribution in [0.4, 0.5) is 5.69 Å². The lowest BCUT2D eigenvalue weighted by Crippen LogP contribution is -2.22. The zero-order valence-electron chi connectivity index (χ0n) is 14.6. The van der Waals surface area contributed by atoms with Crippen molar-refractivity contribution in [1.82, 2.24) is 10.2 Å². The number of benzene rings is 2. The first-order valence-electron chi connectivity index (χ1n) is 8.06. The summed E-state index contributed by atoms with van der Waals surface area (Å²) in [5.74, 6) is 0.251. The Morgan fingerprint density at radius 2 is 2.00 bits per heavy atom. The number of rotatable bonds is 5. The molecule has 1 N–H and O–H groups in total. The van der Waals surface area contributed by atoms with Crippen LogP contribution in [0.2, 0.25) is 5.02 Å². The minimum atomic E-state index is -0.386.